The van der Waals surface area contributed by atoms with E-state index in [0.717, 1.165) is 17.6 Å². The van der Waals surface area contributed by atoms with Gasteiger partial charge in [-0.15, -0.1) is 0 Å². The third-order valence-corrected chi connectivity index (χ3v) is 3.70. The van der Waals surface area contributed by atoms with Crippen molar-refractivity contribution >= 4 is 32.5 Å². The zero-order valence-corrected chi connectivity index (χ0v) is 13.8. The molecule has 0 unspecified atom stereocenters. The first-order valence-corrected chi connectivity index (χ1v) is 8.62. The van der Waals surface area contributed by atoms with Crippen molar-refractivity contribution < 1.29 is 21.7 Å². The Bertz CT molecular complexity index is 856. The molecule has 6 nitrogen and oxygen atoms in total. The van der Waals surface area contributed by atoms with Gasteiger partial charge in [-0.3, -0.25) is 4.55 Å². The van der Waals surface area contributed by atoms with Gasteiger partial charge in [-0.25, -0.2) is 9.17 Å². The van der Waals surface area contributed by atoms with E-state index in [9.17, 15) is 8.42 Å². The minimum absolute atomic E-state index is 0.0289. The number of hydrogen-bond donors (Lipinski definition) is 1. The molecule has 0 aliphatic heterocycles. The van der Waals surface area contributed by atoms with Crippen LogP contribution in [0.1, 0.15) is 13.8 Å². The number of aryl methyl sites for hydroxylation is 1. The molecule has 0 saturated heterocycles. The molecule has 0 spiro atoms. The van der Waals surface area contributed by atoms with Crippen molar-refractivity contribution in [3.63, 3.8) is 0 Å². The lowest BCUT2D eigenvalue weighted by molar-refractivity contribution is -0.641. The first-order chi connectivity index (χ1) is 11.0. The fourth-order valence-electron chi connectivity index (χ4n) is 2.32. The van der Waals surface area contributed by atoms with E-state index in [0.29, 0.717) is 0 Å². The second-order valence-corrected chi connectivity index (χ2v) is 5.76. The van der Waals surface area contributed by atoms with Crippen LogP contribution in [0.4, 0.5) is 0 Å². The number of rotatable bonds is 3. The van der Waals surface area contributed by atoms with Crippen molar-refractivity contribution in [2.24, 2.45) is 0 Å². The van der Waals surface area contributed by atoms with Crippen molar-refractivity contribution in [3.8, 4) is 0 Å². The first kappa shape index (κ1) is 17.3. The number of para-hydroxylation sites is 4. The summed E-state index contributed by atoms with van der Waals surface area (Å²) in [6.07, 6.45) is 0. The second-order valence-electron chi connectivity index (χ2n) is 4.67. The van der Waals surface area contributed by atoms with E-state index in [1.807, 2.05) is 12.1 Å². The molecule has 122 valence electrons. The third-order valence-electron chi connectivity index (χ3n) is 3.17. The Balaban J connectivity index is 0.000000236. The molecule has 0 bridgehead atoms. The summed E-state index contributed by atoms with van der Waals surface area (Å²) >= 11 is 0. The third kappa shape index (κ3) is 4.44. The quantitative estimate of drug-likeness (QED) is 0.452. The molecule has 0 radical (unpaired) electrons. The Morgan fingerprint density at radius 1 is 1.00 bits per heavy atom. The predicted molar refractivity (Wildman–Crippen MR) is 88.3 cm³/mol. The molecule has 7 heteroatoms. The van der Waals surface area contributed by atoms with Crippen LogP contribution in [-0.4, -0.2) is 24.6 Å². The number of benzene rings is 2. The molecule has 0 saturated carbocycles. The average Bonchev–Trinajstić information content (AvgIpc) is 2.52. The highest BCUT2D eigenvalue weighted by Crippen LogP contribution is 2.13. The zero-order valence-electron chi connectivity index (χ0n) is 13.0. The van der Waals surface area contributed by atoms with E-state index in [1.54, 1.807) is 0 Å². The summed E-state index contributed by atoms with van der Waals surface area (Å²) in [7, 11) is -4.17. The van der Waals surface area contributed by atoms with Gasteiger partial charge in [-0.2, -0.15) is 13.0 Å². The van der Waals surface area contributed by atoms with Gasteiger partial charge in [-0.05, 0) is 26.0 Å². The van der Waals surface area contributed by atoms with Crippen molar-refractivity contribution in [3.05, 3.63) is 48.5 Å². The molecular weight excluding hydrogens is 316 g/mol. The smallest absolute Gasteiger partial charge is 0.264 e. The van der Waals surface area contributed by atoms with E-state index in [1.165, 1.54) is 18.0 Å². The Kier molecular flexibility index (Phi) is 5.59. The summed E-state index contributed by atoms with van der Waals surface area (Å²) in [5.41, 5.74) is 4.51. The molecule has 0 atom stereocenters. The molecule has 0 fully saturated rings. The lowest BCUT2D eigenvalue weighted by atomic mass is 10.2. The molecule has 0 aliphatic rings. The molecule has 1 aromatic heterocycles. The van der Waals surface area contributed by atoms with Crippen LogP contribution < -0.4 is 4.57 Å². The normalized spacial score (nSPS) is 11.3. The number of aromatic nitrogens is 2. The van der Waals surface area contributed by atoms with E-state index in [-0.39, 0.29) is 6.61 Å². The Hall–Kier alpha value is -2.09. The lowest BCUT2D eigenvalue weighted by Crippen LogP contribution is -2.34. The van der Waals surface area contributed by atoms with Crippen molar-refractivity contribution in [2.75, 3.05) is 6.61 Å². The second kappa shape index (κ2) is 7.45. The number of fused-ring (bicyclic) bond motifs is 2. The molecule has 1 N–H and O–H groups in total. The van der Waals surface area contributed by atoms with Crippen LogP contribution in [0, 0.1) is 0 Å². The van der Waals surface area contributed by atoms with Crippen LogP contribution in [0.25, 0.3) is 22.1 Å². The highest BCUT2D eigenvalue weighted by molar-refractivity contribution is 7.80. The van der Waals surface area contributed by atoms with E-state index < -0.39 is 10.4 Å². The molecular formula is C16H19N2O4S+. The van der Waals surface area contributed by atoms with Gasteiger partial charge in [0.05, 0.1) is 6.61 Å². The summed E-state index contributed by atoms with van der Waals surface area (Å²) < 4.78 is 33.0. The summed E-state index contributed by atoms with van der Waals surface area (Å²) in [6.45, 7) is 4.56. The van der Waals surface area contributed by atoms with Gasteiger partial charge >= 0.3 is 10.4 Å². The van der Waals surface area contributed by atoms with E-state index in [4.69, 9.17) is 4.55 Å². The predicted octanol–water partition coefficient (Wildman–Crippen LogP) is 2.52. The SMILES string of the molecule is CCOS(=O)(=O)O.CC[n+]1c2ccccc2nc2ccccc21. The minimum atomic E-state index is -4.17. The van der Waals surface area contributed by atoms with E-state index in [2.05, 4.69) is 57.1 Å². The lowest BCUT2D eigenvalue weighted by Gasteiger charge is -2.02. The maximum Gasteiger partial charge on any atom is 0.397 e. The Labute approximate surface area is 135 Å². The standard InChI is InChI=1S/C14H13N2.C2H6O4S/c1-2-16-13-9-5-3-7-11(13)15-12-8-4-6-10-14(12)16;1-2-6-7(3,4)5/h3-10H,2H2,1H3;2H2,1H3,(H,3,4,5)/q+1;. The van der Waals surface area contributed by atoms with Crippen LogP contribution in [0.15, 0.2) is 48.5 Å². The average molecular weight is 335 g/mol. The summed E-state index contributed by atoms with van der Waals surface area (Å²) in [5.74, 6) is 0. The topological polar surface area (TPSA) is 80.4 Å². The van der Waals surface area contributed by atoms with Gasteiger partial charge in [0.25, 0.3) is 0 Å². The van der Waals surface area contributed by atoms with Gasteiger partial charge in [-0.1, -0.05) is 24.3 Å². The molecule has 3 aromatic rings. The Morgan fingerprint density at radius 2 is 1.48 bits per heavy atom. The summed E-state index contributed by atoms with van der Waals surface area (Å²) in [6, 6.07) is 16.6. The van der Waals surface area contributed by atoms with Crippen LogP contribution in [0.5, 0.6) is 0 Å². The molecule has 1 heterocycles. The molecule has 0 amide bonds. The Morgan fingerprint density at radius 3 is 1.83 bits per heavy atom. The number of hydrogen-bond acceptors (Lipinski definition) is 4. The monoisotopic (exact) mass is 335 g/mol. The molecule has 3 rings (SSSR count). The van der Waals surface area contributed by atoms with E-state index >= 15 is 0 Å². The van der Waals surface area contributed by atoms with Gasteiger partial charge in [0, 0.05) is 12.1 Å². The molecule has 2 aromatic carbocycles. The van der Waals surface area contributed by atoms with Crippen LogP contribution in [0.3, 0.4) is 0 Å². The summed E-state index contributed by atoms with van der Waals surface area (Å²) in [5, 5.41) is 0. The first-order valence-electron chi connectivity index (χ1n) is 7.25. The molecule has 23 heavy (non-hydrogen) atoms. The zero-order chi connectivity index (χ0) is 16.9. The highest BCUT2D eigenvalue weighted by atomic mass is 32.3. The van der Waals surface area contributed by atoms with Crippen LogP contribution in [-0.2, 0) is 21.1 Å². The van der Waals surface area contributed by atoms with Crippen molar-refractivity contribution in [2.45, 2.75) is 20.4 Å². The maximum atomic E-state index is 9.56. The fraction of sp³-hybridized carbons (Fsp3) is 0.250. The summed E-state index contributed by atoms with van der Waals surface area (Å²) in [4.78, 5) is 4.67. The molecule has 0 aliphatic carbocycles. The van der Waals surface area contributed by atoms with Gasteiger partial charge < -0.3 is 0 Å². The van der Waals surface area contributed by atoms with Gasteiger partial charge in [0.2, 0.25) is 11.0 Å². The number of nitrogens with zero attached hydrogens (tertiary/aromatic N) is 2. The van der Waals surface area contributed by atoms with Crippen molar-refractivity contribution in [1.82, 2.24) is 4.98 Å². The fourth-order valence-corrected chi connectivity index (χ4v) is 2.62. The maximum absolute atomic E-state index is 9.56. The van der Waals surface area contributed by atoms with Gasteiger partial charge in [0.15, 0.2) is 0 Å². The van der Waals surface area contributed by atoms with Gasteiger partial charge in [0.1, 0.15) is 17.6 Å². The van der Waals surface area contributed by atoms with Crippen molar-refractivity contribution in [1.29, 1.82) is 0 Å². The highest BCUT2D eigenvalue weighted by Gasteiger charge is 2.13. The van der Waals surface area contributed by atoms with Crippen LogP contribution in [0.2, 0.25) is 0 Å². The largest absolute Gasteiger partial charge is 0.397 e. The minimum Gasteiger partial charge on any atom is -0.264 e. The van der Waals surface area contributed by atoms with Crippen LogP contribution >= 0.6 is 0 Å².